The lowest BCUT2D eigenvalue weighted by molar-refractivity contribution is 0.416. The lowest BCUT2D eigenvalue weighted by Crippen LogP contribution is -2.15. The molecule has 232 valence electrons. The number of allylic oxidation sites excluding steroid dienone is 9. The molecule has 0 saturated heterocycles. The van der Waals surface area contributed by atoms with Crippen LogP contribution in [0.25, 0.3) is 55.8 Å². The Labute approximate surface area is 281 Å². The van der Waals surface area contributed by atoms with Crippen LogP contribution in [0.4, 0.5) is 0 Å². The highest BCUT2D eigenvalue weighted by Gasteiger charge is 2.32. The lowest BCUT2D eigenvalue weighted by atomic mass is 9.78. The summed E-state index contributed by atoms with van der Waals surface area (Å²) in [5.74, 6) is 2.61. The van der Waals surface area contributed by atoms with Crippen LogP contribution in [0.1, 0.15) is 59.5 Å². The Morgan fingerprint density at radius 2 is 1.44 bits per heavy atom. The molecule has 48 heavy (non-hydrogen) atoms. The SMILES string of the molecule is Cc1c(-c2ccccc2)nc(C2=CC(C3CC=Cc4c3oc3c4cc(-c4ccccc4)c4ccccc43)CC=C2)nc1C1C=CC=CC1. The van der Waals surface area contributed by atoms with Gasteiger partial charge in [-0.1, -0.05) is 140 Å². The zero-order valence-electron chi connectivity index (χ0n) is 27.0. The first-order chi connectivity index (χ1) is 23.7. The summed E-state index contributed by atoms with van der Waals surface area (Å²) in [5, 5.41) is 3.57. The molecule has 4 aromatic carbocycles. The average molecular weight is 621 g/mol. The Kier molecular flexibility index (Phi) is 7.12. The Morgan fingerprint density at radius 1 is 0.688 bits per heavy atom. The Bertz CT molecular complexity index is 2340. The van der Waals surface area contributed by atoms with Gasteiger partial charge in [0.05, 0.1) is 11.4 Å². The van der Waals surface area contributed by atoms with Crippen LogP contribution in [0.2, 0.25) is 0 Å². The minimum atomic E-state index is 0.223. The zero-order chi connectivity index (χ0) is 32.0. The quantitative estimate of drug-likeness (QED) is 0.192. The van der Waals surface area contributed by atoms with Crippen LogP contribution in [0.3, 0.4) is 0 Å². The Balaban J connectivity index is 1.15. The lowest BCUT2D eigenvalue weighted by Gasteiger charge is -2.27. The summed E-state index contributed by atoms with van der Waals surface area (Å²) in [7, 11) is 0. The number of fused-ring (bicyclic) bond motifs is 5. The summed E-state index contributed by atoms with van der Waals surface area (Å²) in [5.41, 5.74) is 10.1. The van der Waals surface area contributed by atoms with Crippen molar-refractivity contribution in [3.8, 4) is 22.4 Å². The number of furan rings is 1. The molecule has 3 heteroatoms. The summed E-state index contributed by atoms with van der Waals surface area (Å²) in [6.07, 6.45) is 23.1. The third-order valence-corrected chi connectivity index (χ3v) is 10.3. The smallest absolute Gasteiger partial charge is 0.159 e. The van der Waals surface area contributed by atoms with Crippen molar-refractivity contribution in [2.24, 2.45) is 5.92 Å². The van der Waals surface area contributed by atoms with Crippen LogP contribution < -0.4 is 0 Å². The van der Waals surface area contributed by atoms with Gasteiger partial charge in [-0.3, -0.25) is 0 Å². The van der Waals surface area contributed by atoms with Gasteiger partial charge in [0.25, 0.3) is 0 Å². The van der Waals surface area contributed by atoms with Crippen LogP contribution in [0.15, 0.2) is 144 Å². The fourth-order valence-corrected chi connectivity index (χ4v) is 7.89. The minimum absolute atomic E-state index is 0.223. The molecule has 0 radical (unpaired) electrons. The van der Waals surface area contributed by atoms with Crippen LogP contribution in [-0.2, 0) is 0 Å². The fraction of sp³-hybridized carbons (Fsp3) is 0.156. The van der Waals surface area contributed by atoms with E-state index >= 15 is 0 Å². The summed E-state index contributed by atoms with van der Waals surface area (Å²) in [4.78, 5) is 10.5. The van der Waals surface area contributed by atoms with Gasteiger partial charge in [-0.25, -0.2) is 9.97 Å². The Morgan fingerprint density at radius 3 is 2.23 bits per heavy atom. The molecule has 0 amide bonds. The number of nitrogens with zero attached hydrogens (tertiary/aromatic N) is 2. The van der Waals surface area contributed by atoms with Crippen LogP contribution in [0.5, 0.6) is 0 Å². The molecule has 9 rings (SSSR count). The van der Waals surface area contributed by atoms with Crippen molar-refractivity contribution in [1.82, 2.24) is 9.97 Å². The second-order valence-corrected chi connectivity index (χ2v) is 13.2. The molecule has 0 saturated carbocycles. The van der Waals surface area contributed by atoms with E-state index in [1.165, 1.54) is 27.5 Å². The molecule has 3 atom stereocenters. The van der Waals surface area contributed by atoms with Gasteiger partial charge >= 0.3 is 0 Å². The number of rotatable bonds is 5. The molecule has 0 fully saturated rings. The summed E-state index contributed by atoms with van der Waals surface area (Å²) >= 11 is 0. The van der Waals surface area contributed by atoms with Gasteiger partial charge in [0, 0.05) is 39.3 Å². The standard InChI is InChI=1S/C45H36N2O/c1-29-41(31-17-7-3-8-18-31)46-45(47-42(29)32-19-9-4-10-20-32)34-22-13-21-33(27-34)35-25-14-26-38-40-28-39(30-15-5-2-6-16-30)36-23-11-12-24-37(36)44(40)48-43(35)38/h2-19,22-24,26-28,32-33,35H,20-21,25H2,1H3. The summed E-state index contributed by atoms with van der Waals surface area (Å²) in [6.45, 7) is 2.17. The Hall–Kier alpha value is -5.54. The van der Waals surface area contributed by atoms with Crippen molar-refractivity contribution in [2.45, 2.75) is 38.0 Å². The second-order valence-electron chi connectivity index (χ2n) is 13.2. The maximum Gasteiger partial charge on any atom is 0.159 e. The fourth-order valence-electron chi connectivity index (χ4n) is 7.89. The largest absolute Gasteiger partial charge is 0.459 e. The van der Waals surface area contributed by atoms with E-state index in [1.807, 2.05) is 0 Å². The molecule has 3 aliphatic rings. The third-order valence-electron chi connectivity index (χ3n) is 10.3. The number of hydrogen-bond acceptors (Lipinski definition) is 3. The molecular formula is C45H36N2O. The van der Waals surface area contributed by atoms with E-state index in [2.05, 4.69) is 153 Å². The topological polar surface area (TPSA) is 38.9 Å². The third kappa shape index (κ3) is 4.89. The van der Waals surface area contributed by atoms with Crippen LogP contribution in [0, 0.1) is 12.8 Å². The molecule has 0 N–H and O–H groups in total. The number of hydrogen-bond donors (Lipinski definition) is 0. The average Bonchev–Trinajstić information content (AvgIpc) is 3.55. The van der Waals surface area contributed by atoms with Gasteiger partial charge < -0.3 is 4.42 Å². The molecule has 2 heterocycles. The highest BCUT2D eigenvalue weighted by molar-refractivity contribution is 6.13. The van der Waals surface area contributed by atoms with E-state index in [-0.39, 0.29) is 17.8 Å². The van der Waals surface area contributed by atoms with E-state index in [1.54, 1.807) is 0 Å². The first-order valence-corrected chi connectivity index (χ1v) is 17.1. The van der Waals surface area contributed by atoms with E-state index in [4.69, 9.17) is 14.4 Å². The maximum absolute atomic E-state index is 6.94. The van der Waals surface area contributed by atoms with Gasteiger partial charge in [-0.2, -0.15) is 0 Å². The van der Waals surface area contributed by atoms with Crippen molar-refractivity contribution in [1.29, 1.82) is 0 Å². The summed E-state index contributed by atoms with van der Waals surface area (Å²) < 4.78 is 6.94. The molecule has 3 nitrogen and oxygen atoms in total. The first-order valence-electron chi connectivity index (χ1n) is 17.1. The monoisotopic (exact) mass is 620 g/mol. The predicted octanol–water partition coefficient (Wildman–Crippen LogP) is 11.8. The first kappa shape index (κ1) is 28.7. The van der Waals surface area contributed by atoms with E-state index in [0.717, 1.165) is 69.9 Å². The minimum Gasteiger partial charge on any atom is -0.459 e. The zero-order valence-corrected chi connectivity index (χ0v) is 27.0. The molecule has 6 aromatic rings. The van der Waals surface area contributed by atoms with E-state index in [9.17, 15) is 0 Å². The van der Waals surface area contributed by atoms with Gasteiger partial charge in [0.2, 0.25) is 0 Å². The van der Waals surface area contributed by atoms with E-state index < -0.39 is 0 Å². The van der Waals surface area contributed by atoms with Crippen molar-refractivity contribution in [2.75, 3.05) is 0 Å². The van der Waals surface area contributed by atoms with Crippen molar-refractivity contribution in [3.63, 3.8) is 0 Å². The predicted molar refractivity (Wildman–Crippen MR) is 199 cm³/mol. The highest BCUT2D eigenvalue weighted by atomic mass is 16.3. The van der Waals surface area contributed by atoms with Gasteiger partial charge in [0.15, 0.2) is 5.82 Å². The van der Waals surface area contributed by atoms with Crippen LogP contribution in [-0.4, -0.2) is 9.97 Å². The normalized spacial score (nSPS) is 19.9. The molecule has 0 spiro atoms. The molecule has 3 unspecified atom stereocenters. The number of benzene rings is 4. The van der Waals surface area contributed by atoms with Gasteiger partial charge in [-0.05, 0) is 60.2 Å². The number of aromatic nitrogens is 2. The highest BCUT2D eigenvalue weighted by Crippen LogP contribution is 2.47. The van der Waals surface area contributed by atoms with E-state index in [0.29, 0.717) is 0 Å². The van der Waals surface area contributed by atoms with Crippen molar-refractivity contribution < 1.29 is 4.42 Å². The van der Waals surface area contributed by atoms with Gasteiger partial charge in [0.1, 0.15) is 11.3 Å². The molecule has 0 aliphatic heterocycles. The summed E-state index contributed by atoms with van der Waals surface area (Å²) in [6, 6.07) is 32.2. The molecular weight excluding hydrogens is 585 g/mol. The molecule has 2 aromatic heterocycles. The van der Waals surface area contributed by atoms with Crippen molar-refractivity contribution >= 4 is 33.4 Å². The maximum atomic E-state index is 6.94. The molecule has 3 aliphatic carbocycles. The van der Waals surface area contributed by atoms with Crippen LogP contribution >= 0.6 is 0 Å². The molecule has 0 bridgehead atoms. The van der Waals surface area contributed by atoms with Crippen molar-refractivity contribution in [3.05, 3.63) is 168 Å². The van der Waals surface area contributed by atoms with Gasteiger partial charge in [-0.15, -0.1) is 0 Å². The second kappa shape index (κ2) is 11.9.